The Morgan fingerprint density at radius 2 is 2.00 bits per heavy atom. The number of rotatable bonds is 8. The van der Waals surface area contributed by atoms with Crippen molar-refractivity contribution in [1.82, 2.24) is 5.32 Å². The number of hydrogen-bond donors (Lipinski definition) is 1. The van der Waals surface area contributed by atoms with Crippen molar-refractivity contribution in [1.29, 1.82) is 0 Å². The Morgan fingerprint density at radius 1 is 1.32 bits per heavy atom. The Morgan fingerprint density at radius 3 is 2.53 bits per heavy atom. The molecule has 1 saturated carbocycles. The lowest BCUT2D eigenvalue weighted by molar-refractivity contribution is 0.0511. The van der Waals surface area contributed by atoms with Gasteiger partial charge in [0.05, 0.1) is 6.10 Å². The highest BCUT2D eigenvalue weighted by atomic mass is 79.9. The third-order valence-electron chi connectivity index (χ3n) is 3.78. The second kappa shape index (κ2) is 7.41. The van der Waals surface area contributed by atoms with E-state index in [1.54, 1.807) is 0 Å². The summed E-state index contributed by atoms with van der Waals surface area (Å²) in [5.74, 6) is 0.759. The quantitative estimate of drug-likeness (QED) is 0.785. The molecule has 1 aliphatic carbocycles. The Labute approximate surface area is 125 Å². The van der Waals surface area contributed by atoms with E-state index in [1.807, 2.05) is 7.11 Å². The van der Waals surface area contributed by atoms with Crippen molar-refractivity contribution in [2.75, 3.05) is 13.7 Å². The van der Waals surface area contributed by atoms with Crippen LogP contribution in [0.3, 0.4) is 0 Å². The fraction of sp³-hybridized carbons (Fsp3) is 0.625. The van der Waals surface area contributed by atoms with Gasteiger partial charge in [0, 0.05) is 17.6 Å². The molecule has 2 atom stereocenters. The molecule has 19 heavy (non-hydrogen) atoms. The summed E-state index contributed by atoms with van der Waals surface area (Å²) in [6.45, 7) is 3.27. The zero-order valence-corrected chi connectivity index (χ0v) is 13.4. The molecule has 1 aliphatic rings. The molecular weight excluding hydrogens is 302 g/mol. The highest BCUT2D eigenvalue weighted by Gasteiger charge is 2.36. The number of methoxy groups -OCH3 is 1. The monoisotopic (exact) mass is 325 g/mol. The summed E-state index contributed by atoms with van der Waals surface area (Å²) < 4.78 is 6.90. The maximum Gasteiger partial charge on any atom is 0.0755 e. The molecule has 0 bridgehead atoms. The van der Waals surface area contributed by atoms with Gasteiger partial charge in [-0.05, 0) is 55.8 Å². The van der Waals surface area contributed by atoms with Gasteiger partial charge >= 0.3 is 0 Å². The largest absolute Gasteiger partial charge is 0.380 e. The first-order chi connectivity index (χ1) is 9.24. The van der Waals surface area contributed by atoms with Crippen LogP contribution >= 0.6 is 15.9 Å². The third kappa shape index (κ3) is 4.59. The Balaban J connectivity index is 2.01. The molecule has 2 nitrogen and oxygen atoms in total. The predicted molar refractivity (Wildman–Crippen MR) is 83.4 cm³/mol. The van der Waals surface area contributed by atoms with Gasteiger partial charge in [-0.2, -0.15) is 0 Å². The summed E-state index contributed by atoms with van der Waals surface area (Å²) in [5, 5.41) is 3.67. The number of halogens is 1. The summed E-state index contributed by atoms with van der Waals surface area (Å²) in [6, 6.07) is 9.06. The zero-order valence-electron chi connectivity index (χ0n) is 11.9. The molecule has 3 heteroatoms. The molecule has 0 heterocycles. The minimum atomic E-state index is 0.357. The van der Waals surface area contributed by atoms with E-state index in [-0.39, 0.29) is 0 Å². The number of hydrogen-bond acceptors (Lipinski definition) is 2. The van der Waals surface area contributed by atoms with E-state index < -0.39 is 0 Å². The maximum absolute atomic E-state index is 5.76. The van der Waals surface area contributed by atoms with Gasteiger partial charge in [-0.3, -0.25) is 0 Å². The van der Waals surface area contributed by atoms with Crippen LogP contribution < -0.4 is 5.32 Å². The summed E-state index contributed by atoms with van der Waals surface area (Å²) in [7, 11) is 1.85. The molecule has 1 aromatic rings. The van der Waals surface area contributed by atoms with Crippen LogP contribution in [0.25, 0.3) is 0 Å². The molecule has 106 valence electrons. The molecule has 0 aromatic heterocycles. The average molecular weight is 326 g/mol. The molecular formula is C16H24BrNO. The molecule has 0 radical (unpaired) electrons. The minimum Gasteiger partial charge on any atom is -0.380 e. The summed E-state index contributed by atoms with van der Waals surface area (Å²) >= 11 is 3.49. The van der Waals surface area contributed by atoms with E-state index in [9.17, 15) is 0 Å². The normalized spacial score (nSPS) is 18.3. The van der Waals surface area contributed by atoms with E-state index in [0.29, 0.717) is 12.1 Å². The van der Waals surface area contributed by atoms with Crippen LogP contribution in [-0.4, -0.2) is 25.8 Å². The van der Waals surface area contributed by atoms with Crippen LogP contribution in [0.2, 0.25) is 0 Å². The summed E-state index contributed by atoms with van der Waals surface area (Å²) in [5.41, 5.74) is 1.37. The molecule has 1 fully saturated rings. The maximum atomic E-state index is 5.76. The van der Waals surface area contributed by atoms with E-state index in [0.717, 1.165) is 29.8 Å². The molecule has 1 N–H and O–H groups in total. The molecule has 2 rings (SSSR count). The lowest BCUT2D eigenvalue weighted by Gasteiger charge is -2.27. The van der Waals surface area contributed by atoms with Crippen LogP contribution in [0, 0.1) is 5.92 Å². The van der Waals surface area contributed by atoms with Crippen molar-refractivity contribution in [2.45, 2.75) is 44.8 Å². The van der Waals surface area contributed by atoms with Gasteiger partial charge in [0.2, 0.25) is 0 Å². The average Bonchev–Trinajstić information content (AvgIpc) is 3.23. The predicted octanol–water partition coefficient (Wildman–Crippen LogP) is 3.78. The van der Waals surface area contributed by atoms with Gasteiger partial charge in [0.1, 0.15) is 0 Å². The van der Waals surface area contributed by atoms with E-state index in [4.69, 9.17) is 4.74 Å². The van der Waals surface area contributed by atoms with Crippen LogP contribution in [0.5, 0.6) is 0 Å². The number of benzene rings is 1. The number of ether oxygens (including phenoxy) is 1. The fourth-order valence-corrected chi connectivity index (χ4v) is 2.88. The SMILES string of the molecule is CCCNC(Cc1ccc(Br)cc1)C(OC)C1CC1. The van der Waals surface area contributed by atoms with Gasteiger partial charge in [0.15, 0.2) is 0 Å². The van der Waals surface area contributed by atoms with Gasteiger partial charge in [-0.15, -0.1) is 0 Å². The van der Waals surface area contributed by atoms with E-state index in [2.05, 4.69) is 52.4 Å². The van der Waals surface area contributed by atoms with Crippen molar-refractivity contribution in [3.63, 3.8) is 0 Å². The first kappa shape index (κ1) is 15.0. The molecule has 1 aromatic carbocycles. The number of nitrogens with one attached hydrogen (secondary N) is 1. The first-order valence-corrected chi connectivity index (χ1v) is 8.04. The van der Waals surface area contributed by atoms with Gasteiger partial charge in [-0.25, -0.2) is 0 Å². The minimum absolute atomic E-state index is 0.357. The topological polar surface area (TPSA) is 21.3 Å². The van der Waals surface area contributed by atoms with Gasteiger partial charge in [0.25, 0.3) is 0 Å². The Bertz CT molecular complexity index is 375. The molecule has 0 saturated heterocycles. The van der Waals surface area contributed by atoms with Crippen molar-refractivity contribution in [3.05, 3.63) is 34.3 Å². The second-order valence-corrected chi connectivity index (χ2v) is 6.34. The van der Waals surface area contributed by atoms with Crippen LogP contribution in [0.15, 0.2) is 28.7 Å². The molecule has 2 unspecified atom stereocenters. The van der Waals surface area contributed by atoms with Crippen molar-refractivity contribution in [3.8, 4) is 0 Å². The van der Waals surface area contributed by atoms with Crippen LogP contribution in [0.4, 0.5) is 0 Å². The Kier molecular flexibility index (Phi) is 5.86. The van der Waals surface area contributed by atoms with Crippen molar-refractivity contribution in [2.24, 2.45) is 5.92 Å². The molecule has 0 aliphatic heterocycles. The van der Waals surface area contributed by atoms with E-state index >= 15 is 0 Å². The highest BCUT2D eigenvalue weighted by Crippen LogP contribution is 2.36. The lowest BCUT2D eigenvalue weighted by Crippen LogP contribution is -2.44. The highest BCUT2D eigenvalue weighted by molar-refractivity contribution is 9.10. The fourth-order valence-electron chi connectivity index (χ4n) is 2.62. The smallest absolute Gasteiger partial charge is 0.0755 e. The van der Waals surface area contributed by atoms with Crippen molar-refractivity contribution < 1.29 is 4.74 Å². The lowest BCUT2D eigenvalue weighted by atomic mass is 9.98. The van der Waals surface area contributed by atoms with Crippen LogP contribution in [0.1, 0.15) is 31.7 Å². The van der Waals surface area contributed by atoms with Gasteiger partial charge in [-0.1, -0.05) is 35.0 Å². The standard InChI is InChI=1S/C16H24BrNO/c1-3-10-18-15(16(19-2)13-6-7-13)11-12-4-8-14(17)9-5-12/h4-5,8-9,13,15-16,18H,3,6-7,10-11H2,1-2H3. The molecule has 0 amide bonds. The zero-order chi connectivity index (χ0) is 13.7. The summed E-state index contributed by atoms with van der Waals surface area (Å²) in [4.78, 5) is 0. The van der Waals surface area contributed by atoms with Crippen LogP contribution in [-0.2, 0) is 11.2 Å². The Hall–Kier alpha value is -0.380. The first-order valence-electron chi connectivity index (χ1n) is 7.25. The van der Waals surface area contributed by atoms with Crippen molar-refractivity contribution >= 4 is 15.9 Å². The summed E-state index contributed by atoms with van der Waals surface area (Å²) in [6.07, 6.45) is 5.21. The second-order valence-electron chi connectivity index (χ2n) is 5.43. The van der Waals surface area contributed by atoms with Gasteiger partial charge < -0.3 is 10.1 Å². The van der Waals surface area contributed by atoms with E-state index in [1.165, 1.54) is 18.4 Å². The third-order valence-corrected chi connectivity index (χ3v) is 4.31. The molecule has 0 spiro atoms.